The molecule has 1 unspecified atom stereocenters. The normalized spacial score (nSPS) is 23.4. The molecule has 1 aliphatic heterocycles. The summed E-state index contributed by atoms with van der Waals surface area (Å²) < 4.78 is 13.6. The zero-order chi connectivity index (χ0) is 14.0. The van der Waals surface area contributed by atoms with Crippen molar-refractivity contribution >= 4 is 11.8 Å². The molecule has 1 aliphatic rings. The van der Waals surface area contributed by atoms with Gasteiger partial charge in [0.15, 0.2) is 0 Å². The molecule has 4 nitrogen and oxygen atoms in total. The highest BCUT2D eigenvalue weighted by Crippen LogP contribution is 2.20. The van der Waals surface area contributed by atoms with E-state index in [1.165, 1.54) is 11.0 Å². The summed E-state index contributed by atoms with van der Waals surface area (Å²) in [6, 6.07) is 6.28. The van der Waals surface area contributed by atoms with Gasteiger partial charge < -0.3 is 10.2 Å². The summed E-state index contributed by atoms with van der Waals surface area (Å²) in [6.07, 6.45) is 0.505. The molecule has 0 aliphatic carbocycles. The average Bonchev–Trinajstić information content (AvgIpc) is 2.38. The molecule has 102 valence electrons. The first-order valence-electron chi connectivity index (χ1n) is 6.30. The largest absolute Gasteiger partial charge is 0.340 e. The number of benzene rings is 1. The Morgan fingerprint density at radius 2 is 2.05 bits per heavy atom. The Morgan fingerprint density at radius 1 is 1.37 bits per heavy atom. The van der Waals surface area contributed by atoms with E-state index in [0.717, 1.165) is 0 Å². The van der Waals surface area contributed by atoms with Gasteiger partial charge in [-0.25, -0.2) is 4.39 Å². The number of hydrogen-bond acceptors (Lipinski definition) is 2. The third kappa shape index (κ3) is 2.59. The Morgan fingerprint density at radius 3 is 2.68 bits per heavy atom. The fourth-order valence-electron chi connectivity index (χ4n) is 2.19. The zero-order valence-corrected chi connectivity index (χ0v) is 11.1. The number of piperazine rings is 1. The van der Waals surface area contributed by atoms with Gasteiger partial charge >= 0.3 is 0 Å². The number of carbonyl (C=O) groups excluding carboxylic acids is 2. The zero-order valence-electron chi connectivity index (χ0n) is 11.1. The second kappa shape index (κ2) is 4.99. The topological polar surface area (TPSA) is 49.4 Å². The number of carbonyl (C=O) groups is 2. The second-order valence-electron chi connectivity index (χ2n) is 4.99. The van der Waals surface area contributed by atoms with Crippen LogP contribution < -0.4 is 5.32 Å². The summed E-state index contributed by atoms with van der Waals surface area (Å²) in [5.41, 5.74) is -0.468. The Kier molecular flexibility index (Phi) is 3.55. The predicted molar refractivity (Wildman–Crippen MR) is 68.7 cm³/mol. The predicted octanol–water partition coefficient (Wildman–Crippen LogP) is 1.45. The molecule has 0 bridgehead atoms. The fraction of sp³-hybridized carbons (Fsp3) is 0.429. The molecule has 2 amide bonds. The molecule has 1 fully saturated rings. The van der Waals surface area contributed by atoms with Crippen molar-refractivity contribution in [3.8, 4) is 0 Å². The van der Waals surface area contributed by atoms with E-state index in [4.69, 9.17) is 0 Å². The number of rotatable bonds is 3. The lowest BCUT2D eigenvalue weighted by molar-refractivity contribution is -0.149. The number of halogens is 1. The van der Waals surface area contributed by atoms with Crippen molar-refractivity contribution in [3.63, 3.8) is 0 Å². The van der Waals surface area contributed by atoms with Crippen molar-refractivity contribution in [2.75, 3.05) is 6.54 Å². The lowest BCUT2D eigenvalue weighted by atomic mass is 9.94. The van der Waals surface area contributed by atoms with Gasteiger partial charge in [-0.05, 0) is 19.4 Å². The van der Waals surface area contributed by atoms with Gasteiger partial charge in [0.05, 0.1) is 6.54 Å². The van der Waals surface area contributed by atoms with Crippen LogP contribution in [-0.2, 0) is 16.1 Å². The van der Waals surface area contributed by atoms with Crippen LogP contribution in [0.5, 0.6) is 0 Å². The molecule has 1 heterocycles. The monoisotopic (exact) mass is 264 g/mol. The molecule has 1 aromatic carbocycles. The quantitative estimate of drug-likeness (QED) is 0.898. The Hall–Kier alpha value is -1.91. The van der Waals surface area contributed by atoms with Crippen LogP contribution in [0.3, 0.4) is 0 Å². The lowest BCUT2D eigenvalue weighted by Gasteiger charge is -2.39. The summed E-state index contributed by atoms with van der Waals surface area (Å²) in [5, 5.41) is 2.70. The molecular weight excluding hydrogens is 247 g/mol. The van der Waals surface area contributed by atoms with Gasteiger partial charge in [0.1, 0.15) is 11.4 Å². The van der Waals surface area contributed by atoms with Crippen LogP contribution in [0.25, 0.3) is 0 Å². The molecule has 1 saturated heterocycles. The van der Waals surface area contributed by atoms with E-state index in [9.17, 15) is 14.0 Å². The number of nitrogens with zero attached hydrogens (tertiary/aromatic N) is 1. The highest BCUT2D eigenvalue weighted by atomic mass is 19.1. The van der Waals surface area contributed by atoms with Crippen LogP contribution in [0.4, 0.5) is 4.39 Å². The molecule has 1 N–H and O–H groups in total. The van der Waals surface area contributed by atoms with E-state index in [2.05, 4.69) is 5.32 Å². The Bertz CT molecular complexity index is 518. The van der Waals surface area contributed by atoms with Crippen LogP contribution in [0.2, 0.25) is 0 Å². The lowest BCUT2D eigenvalue weighted by Crippen LogP contribution is -2.64. The maximum absolute atomic E-state index is 13.6. The highest BCUT2D eigenvalue weighted by molar-refractivity contribution is 5.97. The smallest absolute Gasteiger partial charge is 0.248 e. The summed E-state index contributed by atoms with van der Waals surface area (Å²) in [4.78, 5) is 25.4. The Labute approximate surface area is 111 Å². The van der Waals surface area contributed by atoms with Gasteiger partial charge in [0.25, 0.3) is 0 Å². The number of amides is 2. The molecule has 0 spiro atoms. The van der Waals surface area contributed by atoms with E-state index >= 15 is 0 Å². The molecule has 5 heteroatoms. The standard InChI is InChI=1S/C14H17FN2O2/c1-3-14(2)13(19)17(9-12(18)16-14)8-10-6-4-5-7-11(10)15/h4-7H,3,8-9H2,1-2H3,(H,16,18). The van der Waals surface area contributed by atoms with Crippen molar-refractivity contribution in [2.24, 2.45) is 0 Å². The van der Waals surface area contributed by atoms with Crippen LogP contribution >= 0.6 is 0 Å². The minimum atomic E-state index is -0.888. The molecule has 0 aromatic heterocycles. The minimum Gasteiger partial charge on any atom is -0.340 e. The molecular formula is C14H17FN2O2. The Balaban J connectivity index is 2.22. The van der Waals surface area contributed by atoms with Gasteiger partial charge in [0.2, 0.25) is 11.8 Å². The molecule has 2 rings (SSSR count). The van der Waals surface area contributed by atoms with Crippen molar-refractivity contribution in [1.29, 1.82) is 0 Å². The number of nitrogens with one attached hydrogen (secondary N) is 1. The molecule has 19 heavy (non-hydrogen) atoms. The van der Waals surface area contributed by atoms with E-state index in [1.54, 1.807) is 25.1 Å². The third-order valence-electron chi connectivity index (χ3n) is 3.54. The first-order chi connectivity index (χ1) is 8.96. The van der Waals surface area contributed by atoms with Gasteiger partial charge in [-0.15, -0.1) is 0 Å². The second-order valence-corrected chi connectivity index (χ2v) is 4.99. The van der Waals surface area contributed by atoms with Crippen molar-refractivity contribution in [1.82, 2.24) is 10.2 Å². The highest BCUT2D eigenvalue weighted by Gasteiger charge is 2.41. The van der Waals surface area contributed by atoms with Crippen LogP contribution in [0.1, 0.15) is 25.8 Å². The molecule has 0 saturated carbocycles. The fourth-order valence-corrected chi connectivity index (χ4v) is 2.19. The SMILES string of the molecule is CCC1(C)NC(=O)CN(Cc2ccccc2F)C1=O. The van der Waals surface area contributed by atoms with Gasteiger partial charge in [-0.1, -0.05) is 25.1 Å². The van der Waals surface area contributed by atoms with Crippen LogP contribution in [0.15, 0.2) is 24.3 Å². The van der Waals surface area contributed by atoms with E-state index in [-0.39, 0.29) is 30.7 Å². The van der Waals surface area contributed by atoms with Crippen LogP contribution in [-0.4, -0.2) is 28.8 Å². The average molecular weight is 264 g/mol. The summed E-state index contributed by atoms with van der Waals surface area (Å²) in [6.45, 7) is 3.63. The van der Waals surface area contributed by atoms with Gasteiger partial charge in [-0.3, -0.25) is 9.59 Å². The van der Waals surface area contributed by atoms with Crippen molar-refractivity contribution < 1.29 is 14.0 Å². The maximum atomic E-state index is 13.6. The van der Waals surface area contributed by atoms with Crippen LogP contribution in [0, 0.1) is 5.82 Å². The number of hydrogen-bond donors (Lipinski definition) is 1. The van der Waals surface area contributed by atoms with E-state index < -0.39 is 5.54 Å². The van der Waals surface area contributed by atoms with Gasteiger partial charge in [0, 0.05) is 12.1 Å². The minimum absolute atomic E-state index is 0.0250. The van der Waals surface area contributed by atoms with Crippen molar-refractivity contribution in [2.45, 2.75) is 32.4 Å². The maximum Gasteiger partial charge on any atom is 0.248 e. The van der Waals surface area contributed by atoms with Crippen molar-refractivity contribution in [3.05, 3.63) is 35.6 Å². The summed E-state index contributed by atoms with van der Waals surface area (Å²) in [7, 11) is 0. The molecule has 1 atom stereocenters. The third-order valence-corrected chi connectivity index (χ3v) is 3.54. The molecule has 1 aromatic rings. The summed E-state index contributed by atoms with van der Waals surface area (Å²) in [5.74, 6) is -0.738. The van der Waals surface area contributed by atoms with E-state index in [0.29, 0.717) is 12.0 Å². The molecule has 0 radical (unpaired) electrons. The summed E-state index contributed by atoms with van der Waals surface area (Å²) >= 11 is 0. The van der Waals surface area contributed by atoms with Gasteiger partial charge in [-0.2, -0.15) is 0 Å². The first kappa shape index (κ1) is 13.5. The first-order valence-corrected chi connectivity index (χ1v) is 6.30. The van der Waals surface area contributed by atoms with E-state index in [1.807, 2.05) is 6.92 Å².